The van der Waals surface area contributed by atoms with Gasteiger partial charge in [-0.1, -0.05) is 0 Å². The minimum atomic E-state index is 0. The molecule has 7 heteroatoms. The van der Waals surface area contributed by atoms with E-state index in [1.807, 2.05) is 12.1 Å². The molecule has 1 aromatic carbocycles. The minimum Gasteiger partial charge on any atom is -0.493 e. The number of benzene rings is 1. The first-order valence-corrected chi connectivity index (χ1v) is 7.00. The molecule has 0 unspecified atom stereocenters. The third-order valence-electron chi connectivity index (χ3n) is 3.65. The first kappa shape index (κ1) is 21.1. The van der Waals surface area contributed by atoms with Crippen molar-refractivity contribution in [1.82, 2.24) is 10.2 Å². The number of methoxy groups -OCH3 is 3. The Bertz CT molecular complexity index is 416. The molecule has 1 N–H and O–H groups in total. The van der Waals surface area contributed by atoms with Crippen LogP contribution in [0.1, 0.15) is 5.56 Å². The van der Waals surface area contributed by atoms with Crippen LogP contribution < -0.4 is 19.5 Å². The van der Waals surface area contributed by atoms with Crippen LogP contribution in [-0.2, 0) is 6.42 Å². The molecule has 1 aliphatic rings. The SMILES string of the molecule is COc1cc(CCN2CCNCC2)cc(OC)c1OC.Cl.Cl. The molecule has 0 amide bonds. The highest BCUT2D eigenvalue weighted by Crippen LogP contribution is 2.38. The van der Waals surface area contributed by atoms with Crippen molar-refractivity contribution in [2.24, 2.45) is 0 Å². The summed E-state index contributed by atoms with van der Waals surface area (Å²) < 4.78 is 16.1. The summed E-state index contributed by atoms with van der Waals surface area (Å²) in [6.45, 7) is 5.44. The number of halogens is 2. The Morgan fingerprint density at radius 2 is 1.50 bits per heavy atom. The number of rotatable bonds is 6. The van der Waals surface area contributed by atoms with Gasteiger partial charge >= 0.3 is 0 Å². The Hall–Kier alpha value is -0.880. The van der Waals surface area contributed by atoms with Gasteiger partial charge in [0.15, 0.2) is 11.5 Å². The van der Waals surface area contributed by atoms with E-state index in [1.165, 1.54) is 5.56 Å². The highest BCUT2D eigenvalue weighted by molar-refractivity contribution is 5.85. The molecule has 0 saturated carbocycles. The lowest BCUT2D eigenvalue weighted by molar-refractivity contribution is 0.243. The molecule has 128 valence electrons. The summed E-state index contributed by atoms with van der Waals surface area (Å²) >= 11 is 0. The smallest absolute Gasteiger partial charge is 0.203 e. The van der Waals surface area contributed by atoms with Gasteiger partial charge in [-0.25, -0.2) is 0 Å². The second-order valence-electron chi connectivity index (χ2n) is 4.88. The number of piperazine rings is 1. The van der Waals surface area contributed by atoms with Gasteiger partial charge < -0.3 is 24.4 Å². The van der Waals surface area contributed by atoms with Crippen LogP contribution in [0.25, 0.3) is 0 Å². The molecule has 22 heavy (non-hydrogen) atoms. The number of ether oxygens (including phenoxy) is 3. The minimum absolute atomic E-state index is 0. The van der Waals surface area contributed by atoms with Crippen LogP contribution in [0.4, 0.5) is 0 Å². The molecule has 5 nitrogen and oxygen atoms in total. The van der Waals surface area contributed by atoms with Crippen molar-refractivity contribution in [1.29, 1.82) is 0 Å². The Balaban J connectivity index is 0.00000220. The maximum absolute atomic E-state index is 5.38. The Labute approximate surface area is 145 Å². The number of nitrogens with zero attached hydrogens (tertiary/aromatic N) is 1. The van der Waals surface area contributed by atoms with Crippen LogP contribution in [0.2, 0.25) is 0 Å². The zero-order valence-electron chi connectivity index (χ0n) is 13.4. The zero-order valence-corrected chi connectivity index (χ0v) is 15.0. The van der Waals surface area contributed by atoms with Crippen LogP contribution in [0.3, 0.4) is 0 Å². The Morgan fingerprint density at radius 1 is 0.955 bits per heavy atom. The topological polar surface area (TPSA) is 43.0 Å². The molecular formula is C15H26Cl2N2O3. The van der Waals surface area contributed by atoms with Crippen molar-refractivity contribution in [2.45, 2.75) is 6.42 Å². The molecule has 0 aromatic heterocycles. The van der Waals surface area contributed by atoms with Gasteiger partial charge in [0.1, 0.15) is 0 Å². The molecule has 0 radical (unpaired) electrons. The molecule has 0 bridgehead atoms. The summed E-state index contributed by atoms with van der Waals surface area (Å²) in [5.41, 5.74) is 1.21. The molecule has 1 aromatic rings. The van der Waals surface area contributed by atoms with Crippen molar-refractivity contribution in [3.05, 3.63) is 17.7 Å². The largest absolute Gasteiger partial charge is 0.493 e. The predicted octanol–water partition coefficient (Wildman–Crippen LogP) is 2.00. The second kappa shape index (κ2) is 10.8. The predicted molar refractivity (Wildman–Crippen MR) is 93.6 cm³/mol. The lowest BCUT2D eigenvalue weighted by Gasteiger charge is -2.27. The van der Waals surface area contributed by atoms with E-state index in [0.29, 0.717) is 5.75 Å². The second-order valence-corrected chi connectivity index (χ2v) is 4.88. The van der Waals surface area contributed by atoms with Crippen LogP contribution in [0.15, 0.2) is 12.1 Å². The van der Waals surface area contributed by atoms with E-state index in [2.05, 4.69) is 10.2 Å². The van der Waals surface area contributed by atoms with Crippen LogP contribution >= 0.6 is 24.8 Å². The van der Waals surface area contributed by atoms with Crippen molar-refractivity contribution >= 4 is 24.8 Å². The van der Waals surface area contributed by atoms with Crippen molar-refractivity contribution in [2.75, 3.05) is 54.1 Å². The van der Waals surface area contributed by atoms with E-state index >= 15 is 0 Å². The zero-order chi connectivity index (χ0) is 14.4. The van der Waals surface area contributed by atoms with Gasteiger partial charge in [-0.2, -0.15) is 0 Å². The van der Waals surface area contributed by atoms with Crippen molar-refractivity contribution < 1.29 is 14.2 Å². The molecule has 2 rings (SSSR count). The van der Waals surface area contributed by atoms with Crippen molar-refractivity contribution in [3.63, 3.8) is 0 Å². The summed E-state index contributed by atoms with van der Waals surface area (Å²) in [5, 5.41) is 3.37. The van der Waals surface area contributed by atoms with Gasteiger partial charge in [-0.05, 0) is 24.1 Å². The van der Waals surface area contributed by atoms with Gasteiger partial charge in [0.2, 0.25) is 5.75 Å². The quantitative estimate of drug-likeness (QED) is 0.848. The molecule has 0 atom stereocenters. The van der Waals surface area contributed by atoms with Crippen LogP contribution in [0, 0.1) is 0 Å². The highest BCUT2D eigenvalue weighted by atomic mass is 35.5. The first-order valence-electron chi connectivity index (χ1n) is 7.00. The van der Waals surface area contributed by atoms with Crippen LogP contribution in [-0.4, -0.2) is 59.0 Å². The highest BCUT2D eigenvalue weighted by Gasteiger charge is 2.14. The fourth-order valence-corrected chi connectivity index (χ4v) is 2.50. The fourth-order valence-electron chi connectivity index (χ4n) is 2.50. The molecular weight excluding hydrogens is 327 g/mol. The molecule has 1 fully saturated rings. The Kier molecular flexibility index (Phi) is 10.3. The number of nitrogens with one attached hydrogen (secondary N) is 1. The number of hydrogen-bond acceptors (Lipinski definition) is 5. The lowest BCUT2D eigenvalue weighted by atomic mass is 10.1. The van der Waals surface area contributed by atoms with Gasteiger partial charge in [-0.15, -0.1) is 24.8 Å². The third-order valence-corrected chi connectivity index (χ3v) is 3.65. The lowest BCUT2D eigenvalue weighted by Crippen LogP contribution is -2.44. The van der Waals surface area contributed by atoms with E-state index in [9.17, 15) is 0 Å². The van der Waals surface area contributed by atoms with E-state index in [1.54, 1.807) is 21.3 Å². The van der Waals surface area contributed by atoms with E-state index < -0.39 is 0 Å². The average molecular weight is 353 g/mol. The summed E-state index contributed by atoms with van der Waals surface area (Å²) in [4.78, 5) is 2.47. The monoisotopic (exact) mass is 352 g/mol. The third kappa shape index (κ3) is 5.39. The summed E-state index contributed by atoms with van der Waals surface area (Å²) in [6.07, 6.45) is 0.983. The maximum atomic E-state index is 5.38. The normalized spacial score (nSPS) is 14.5. The number of hydrogen-bond donors (Lipinski definition) is 1. The average Bonchev–Trinajstić information content (AvgIpc) is 2.52. The van der Waals surface area contributed by atoms with Gasteiger partial charge in [0.05, 0.1) is 21.3 Å². The summed E-state index contributed by atoms with van der Waals surface area (Å²) in [5.74, 6) is 2.10. The van der Waals surface area contributed by atoms with E-state index in [4.69, 9.17) is 14.2 Å². The van der Waals surface area contributed by atoms with Gasteiger partial charge in [-0.3, -0.25) is 0 Å². The molecule has 1 saturated heterocycles. The van der Waals surface area contributed by atoms with Crippen molar-refractivity contribution in [3.8, 4) is 17.2 Å². The maximum Gasteiger partial charge on any atom is 0.203 e. The van der Waals surface area contributed by atoms with Gasteiger partial charge in [0.25, 0.3) is 0 Å². The first-order chi connectivity index (χ1) is 9.78. The van der Waals surface area contributed by atoms with Gasteiger partial charge in [0, 0.05) is 32.7 Å². The summed E-state index contributed by atoms with van der Waals surface area (Å²) in [7, 11) is 4.93. The molecule has 0 spiro atoms. The molecule has 0 aliphatic carbocycles. The molecule has 1 aliphatic heterocycles. The Morgan fingerprint density at radius 3 is 1.95 bits per heavy atom. The van der Waals surface area contributed by atoms with E-state index in [0.717, 1.165) is 50.6 Å². The summed E-state index contributed by atoms with van der Waals surface area (Å²) in [6, 6.07) is 4.06. The van der Waals surface area contributed by atoms with E-state index in [-0.39, 0.29) is 24.8 Å². The standard InChI is InChI=1S/C15H24N2O3.2ClH/c1-18-13-10-12(11-14(19-2)15(13)20-3)4-7-17-8-5-16-6-9-17;;/h10-11,16H,4-9H2,1-3H3;2*1H. The molecule has 1 heterocycles. The fraction of sp³-hybridized carbons (Fsp3) is 0.600. The van der Waals surface area contributed by atoms with Crippen LogP contribution in [0.5, 0.6) is 17.2 Å².